The van der Waals surface area contributed by atoms with Crippen molar-refractivity contribution < 1.29 is 26.7 Å². The minimum atomic E-state index is -0.505. The normalized spacial score (nSPS) is 24.2. The highest BCUT2D eigenvalue weighted by Crippen LogP contribution is 2.28. The summed E-state index contributed by atoms with van der Waals surface area (Å²) < 4.78 is 7.12. The Morgan fingerprint density at radius 2 is 1.96 bits per heavy atom. The number of aromatic nitrogens is 1. The number of halogens is 1. The molecule has 0 saturated carbocycles. The van der Waals surface area contributed by atoms with Gasteiger partial charge >= 0.3 is 0 Å². The maximum Gasteiger partial charge on any atom is 0.292 e. The van der Waals surface area contributed by atoms with Gasteiger partial charge < -0.3 is 31.9 Å². The van der Waals surface area contributed by atoms with Gasteiger partial charge in [-0.05, 0) is 50.0 Å². The van der Waals surface area contributed by atoms with Crippen molar-refractivity contribution in [1.82, 2.24) is 14.8 Å². The Hall–Kier alpha value is -2.05. The largest absolute Gasteiger partial charge is 1.00 e. The van der Waals surface area contributed by atoms with Crippen LogP contribution < -0.4 is 22.5 Å². The SMILES string of the molecule is COc1ccc2c(c1)c(C(=O)C(=O)N[C@@H]1CN3CCC1CC3)cn2C.[Cl-]. The molecular formula is C19H23ClN3O3-. The summed E-state index contributed by atoms with van der Waals surface area (Å²) in [6, 6.07) is 5.65. The summed E-state index contributed by atoms with van der Waals surface area (Å²) in [6.45, 7) is 3.06. The van der Waals surface area contributed by atoms with Crippen molar-refractivity contribution in [2.24, 2.45) is 13.0 Å². The number of carbonyl (C=O) groups is 2. The fourth-order valence-corrected chi connectivity index (χ4v) is 4.16. The maximum atomic E-state index is 12.8. The van der Waals surface area contributed by atoms with Crippen molar-refractivity contribution in [2.75, 3.05) is 26.7 Å². The third kappa shape index (κ3) is 3.19. The molecule has 2 bridgehead atoms. The van der Waals surface area contributed by atoms with E-state index < -0.39 is 11.7 Å². The zero-order chi connectivity index (χ0) is 17.6. The summed E-state index contributed by atoms with van der Waals surface area (Å²) >= 11 is 0. The van der Waals surface area contributed by atoms with Crippen LogP contribution in [0.4, 0.5) is 0 Å². The van der Waals surface area contributed by atoms with Crippen LogP contribution >= 0.6 is 0 Å². The predicted molar refractivity (Wildman–Crippen MR) is 94.9 cm³/mol. The lowest BCUT2D eigenvalue weighted by atomic mass is 9.84. The van der Waals surface area contributed by atoms with E-state index in [0.717, 1.165) is 43.4 Å². The van der Waals surface area contributed by atoms with Crippen LogP contribution in [0.2, 0.25) is 0 Å². The number of nitrogens with zero attached hydrogens (tertiary/aromatic N) is 2. The highest BCUT2D eigenvalue weighted by Gasteiger charge is 2.36. The second kappa shape index (κ2) is 7.29. The fraction of sp³-hybridized carbons (Fsp3) is 0.474. The molecule has 1 N–H and O–H groups in total. The topological polar surface area (TPSA) is 63.6 Å². The molecule has 140 valence electrons. The van der Waals surface area contributed by atoms with Gasteiger partial charge in [0.1, 0.15) is 5.75 Å². The summed E-state index contributed by atoms with van der Waals surface area (Å²) in [5.41, 5.74) is 1.33. The van der Waals surface area contributed by atoms with E-state index in [1.165, 1.54) is 0 Å². The van der Waals surface area contributed by atoms with Gasteiger partial charge in [0.2, 0.25) is 0 Å². The molecular weight excluding hydrogens is 354 g/mol. The van der Waals surface area contributed by atoms with Crippen LogP contribution in [0.5, 0.6) is 5.75 Å². The lowest BCUT2D eigenvalue weighted by Crippen LogP contribution is -3.00. The number of amides is 1. The van der Waals surface area contributed by atoms with Crippen LogP contribution in [0.3, 0.4) is 0 Å². The second-order valence-electron chi connectivity index (χ2n) is 7.08. The first kappa shape index (κ1) is 18.7. The van der Waals surface area contributed by atoms with Gasteiger partial charge in [-0.2, -0.15) is 0 Å². The zero-order valence-corrected chi connectivity index (χ0v) is 15.8. The Labute approximate surface area is 158 Å². The van der Waals surface area contributed by atoms with Gasteiger partial charge in [0.05, 0.1) is 12.7 Å². The monoisotopic (exact) mass is 376 g/mol. The lowest BCUT2D eigenvalue weighted by molar-refractivity contribution is -0.119. The number of fused-ring (bicyclic) bond motifs is 4. The van der Waals surface area contributed by atoms with Crippen molar-refractivity contribution in [3.8, 4) is 5.75 Å². The highest BCUT2D eigenvalue weighted by molar-refractivity contribution is 6.45. The van der Waals surface area contributed by atoms with Crippen LogP contribution in [0.25, 0.3) is 10.9 Å². The summed E-state index contributed by atoms with van der Waals surface area (Å²) in [6.07, 6.45) is 3.93. The van der Waals surface area contributed by atoms with E-state index in [4.69, 9.17) is 4.74 Å². The number of Topliss-reactive ketones (excluding diaryl/α,β-unsaturated/α-hetero) is 1. The van der Waals surface area contributed by atoms with E-state index >= 15 is 0 Å². The van der Waals surface area contributed by atoms with Crippen molar-refractivity contribution in [1.29, 1.82) is 0 Å². The van der Waals surface area contributed by atoms with Gasteiger partial charge in [0, 0.05) is 36.7 Å². The average Bonchev–Trinajstić information content (AvgIpc) is 2.98. The van der Waals surface area contributed by atoms with Crippen LogP contribution in [0.15, 0.2) is 24.4 Å². The molecule has 26 heavy (non-hydrogen) atoms. The number of hydrogen-bond acceptors (Lipinski definition) is 4. The number of carbonyl (C=O) groups excluding carboxylic acids is 2. The molecule has 1 atom stereocenters. The molecule has 0 spiro atoms. The number of methoxy groups -OCH3 is 1. The summed E-state index contributed by atoms with van der Waals surface area (Å²) in [5.74, 6) is 0.185. The number of nitrogens with one attached hydrogen (secondary N) is 1. The number of benzene rings is 1. The van der Waals surface area contributed by atoms with Gasteiger partial charge in [-0.15, -0.1) is 0 Å². The standard InChI is InChI=1S/C19H23N3O3.ClH/c1-21-10-15(14-9-13(25-2)3-4-17(14)21)18(23)19(24)20-16-11-22-7-5-12(16)6-8-22;/h3-4,9-10,12,16H,5-8,11H2,1-2H3,(H,20,24);1H/p-1/t16-;/m1./s1. The maximum absolute atomic E-state index is 12.8. The molecule has 2 aromatic rings. The Bertz CT molecular complexity index is 840. The first-order valence-corrected chi connectivity index (χ1v) is 8.77. The third-order valence-corrected chi connectivity index (χ3v) is 5.62. The molecule has 0 radical (unpaired) electrons. The number of piperidine rings is 3. The summed E-state index contributed by atoms with van der Waals surface area (Å²) in [5, 5.41) is 3.73. The molecule has 0 unspecified atom stereocenters. The molecule has 1 aromatic heterocycles. The minimum absolute atomic E-state index is 0. The third-order valence-electron chi connectivity index (χ3n) is 5.62. The summed E-state index contributed by atoms with van der Waals surface area (Å²) in [7, 11) is 3.46. The van der Waals surface area contributed by atoms with Gasteiger partial charge in [-0.25, -0.2) is 0 Å². The van der Waals surface area contributed by atoms with Crippen LogP contribution in [0.1, 0.15) is 23.2 Å². The lowest BCUT2D eigenvalue weighted by Gasteiger charge is -2.44. The van der Waals surface area contributed by atoms with Crippen molar-refractivity contribution in [3.63, 3.8) is 0 Å². The number of rotatable bonds is 4. The molecule has 3 aliphatic heterocycles. The molecule has 1 aromatic carbocycles. The van der Waals surface area contributed by atoms with E-state index in [0.29, 0.717) is 17.2 Å². The van der Waals surface area contributed by atoms with E-state index in [9.17, 15) is 9.59 Å². The smallest absolute Gasteiger partial charge is 0.292 e. The van der Waals surface area contributed by atoms with Crippen molar-refractivity contribution in [2.45, 2.75) is 18.9 Å². The predicted octanol–water partition coefficient (Wildman–Crippen LogP) is -1.42. The molecule has 4 heterocycles. The average molecular weight is 377 g/mol. The first-order chi connectivity index (χ1) is 12.1. The molecule has 5 rings (SSSR count). The number of hydrogen-bond donors (Lipinski definition) is 1. The van der Waals surface area contributed by atoms with Gasteiger partial charge in [0.25, 0.3) is 11.7 Å². The van der Waals surface area contributed by atoms with Crippen molar-refractivity contribution in [3.05, 3.63) is 30.0 Å². The van der Waals surface area contributed by atoms with E-state index in [1.54, 1.807) is 13.3 Å². The van der Waals surface area contributed by atoms with E-state index in [-0.39, 0.29) is 18.4 Å². The zero-order valence-electron chi connectivity index (χ0n) is 15.0. The Kier molecular flexibility index (Phi) is 5.25. The second-order valence-corrected chi connectivity index (χ2v) is 7.08. The van der Waals surface area contributed by atoms with Crippen LogP contribution in [-0.4, -0.2) is 53.9 Å². The van der Waals surface area contributed by atoms with E-state index in [1.807, 2.05) is 29.8 Å². The molecule has 7 heteroatoms. The highest BCUT2D eigenvalue weighted by atomic mass is 35.5. The number of ether oxygens (including phenoxy) is 1. The van der Waals surface area contributed by atoms with Gasteiger partial charge in [-0.3, -0.25) is 9.59 Å². The first-order valence-electron chi connectivity index (χ1n) is 8.77. The van der Waals surface area contributed by atoms with E-state index in [2.05, 4.69) is 10.2 Å². The van der Waals surface area contributed by atoms with Gasteiger partial charge in [0.15, 0.2) is 0 Å². The van der Waals surface area contributed by atoms with Gasteiger partial charge in [-0.1, -0.05) is 0 Å². The molecule has 6 nitrogen and oxygen atoms in total. The quantitative estimate of drug-likeness (QED) is 0.526. The van der Waals surface area contributed by atoms with Crippen LogP contribution in [-0.2, 0) is 11.8 Å². The molecule has 3 saturated heterocycles. The van der Waals surface area contributed by atoms with Crippen LogP contribution in [0, 0.1) is 5.92 Å². The number of ketones is 1. The Morgan fingerprint density at radius 1 is 1.23 bits per heavy atom. The summed E-state index contributed by atoms with van der Waals surface area (Å²) in [4.78, 5) is 27.7. The molecule has 3 aliphatic rings. The van der Waals surface area contributed by atoms with Crippen molar-refractivity contribution >= 4 is 22.6 Å². The fourth-order valence-electron chi connectivity index (χ4n) is 4.16. The Morgan fingerprint density at radius 3 is 2.58 bits per heavy atom. The Balaban J connectivity index is 0.00000196. The molecule has 3 fully saturated rings. The molecule has 1 amide bonds. The number of aryl methyl sites for hydroxylation is 1. The molecule has 0 aliphatic carbocycles. The minimum Gasteiger partial charge on any atom is -1.00 e.